The summed E-state index contributed by atoms with van der Waals surface area (Å²) in [6.45, 7) is -2.91. The molecule has 22 heavy (non-hydrogen) atoms. The third-order valence-electron chi connectivity index (χ3n) is 3.44. The Balaban J connectivity index is 1.73. The van der Waals surface area contributed by atoms with E-state index in [2.05, 4.69) is 25.3 Å². The first kappa shape index (κ1) is 14.5. The van der Waals surface area contributed by atoms with E-state index < -0.39 is 12.4 Å². The van der Waals surface area contributed by atoms with Crippen molar-refractivity contribution in [1.82, 2.24) is 10.3 Å². The van der Waals surface area contributed by atoms with Crippen LogP contribution in [0.15, 0.2) is 35.2 Å². The number of nitrogens with two attached hydrogens (primary N) is 2. The van der Waals surface area contributed by atoms with Crippen molar-refractivity contribution >= 4 is 11.5 Å². The van der Waals surface area contributed by atoms with Gasteiger partial charge in [0.15, 0.2) is 11.6 Å². The first-order chi connectivity index (χ1) is 10.5. The number of pyridine rings is 1. The summed E-state index contributed by atoms with van der Waals surface area (Å²) in [6, 6.07) is 2.87. The fraction of sp³-hybridized carbons (Fsp3) is 0.385. The molecule has 0 saturated heterocycles. The normalized spacial score (nSPS) is 24.4. The highest BCUT2D eigenvalue weighted by Gasteiger charge is 2.43. The summed E-state index contributed by atoms with van der Waals surface area (Å²) in [5, 5.41) is 5.98. The van der Waals surface area contributed by atoms with Gasteiger partial charge in [-0.15, -0.1) is 0 Å². The lowest BCUT2D eigenvalue weighted by Crippen LogP contribution is -2.55. The number of hydrogen-bond donors (Lipinski definition) is 4. The van der Waals surface area contributed by atoms with Crippen molar-refractivity contribution in [2.24, 2.45) is 22.4 Å². The zero-order valence-corrected chi connectivity index (χ0v) is 11.6. The molecule has 0 radical (unpaired) electrons. The van der Waals surface area contributed by atoms with Gasteiger partial charge in [-0.05, 0) is 18.9 Å². The highest BCUT2D eigenvalue weighted by Crippen LogP contribution is 2.38. The second-order valence-electron chi connectivity index (χ2n) is 5.19. The molecule has 1 saturated carbocycles. The van der Waals surface area contributed by atoms with E-state index in [1.54, 1.807) is 6.20 Å². The molecule has 0 amide bonds. The molecule has 1 atom stereocenters. The van der Waals surface area contributed by atoms with E-state index in [9.17, 15) is 8.78 Å². The quantitative estimate of drug-likeness (QED) is 0.658. The van der Waals surface area contributed by atoms with Crippen LogP contribution in [0.25, 0.3) is 0 Å². The number of anilines is 1. The minimum atomic E-state index is -2.91. The molecular formula is C13H16F2N6O. The number of aliphatic imine (C=N–C) groups is 1. The Morgan fingerprint density at radius 3 is 2.77 bits per heavy atom. The molecule has 1 aliphatic heterocycles. The van der Waals surface area contributed by atoms with Crippen molar-refractivity contribution in [3.8, 4) is 5.88 Å². The maximum atomic E-state index is 12.1. The first-order valence-corrected chi connectivity index (χ1v) is 6.76. The maximum absolute atomic E-state index is 12.1. The molecule has 9 heteroatoms. The molecular weight excluding hydrogens is 294 g/mol. The van der Waals surface area contributed by atoms with E-state index in [1.807, 2.05) is 0 Å². The average molecular weight is 310 g/mol. The lowest BCUT2D eigenvalue weighted by atomic mass is 10.2. The van der Waals surface area contributed by atoms with Gasteiger partial charge in [0, 0.05) is 18.2 Å². The number of nitrogens with zero attached hydrogens (tertiary/aromatic N) is 2. The fourth-order valence-corrected chi connectivity index (χ4v) is 2.13. The van der Waals surface area contributed by atoms with Crippen molar-refractivity contribution in [1.29, 1.82) is 0 Å². The van der Waals surface area contributed by atoms with Crippen LogP contribution < -0.4 is 26.8 Å². The number of rotatable bonds is 4. The first-order valence-electron chi connectivity index (χ1n) is 6.76. The number of halogens is 2. The lowest BCUT2D eigenvalue weighted by Gasteiger charge is -2.30. The lowest BCUT2D eigenvalue weighted by molar-refractivity contribution is -0.0528. The molecule has 0 spiro atoms. The monoisotopic (exact) mass is 310 g/mol. The van der Waals surface area contributed by atoms with E-state index in [0.29, 0.717) is 17.2 Å². The number of nitrogens with one attached hydrogen (secondary N) is 2. The van der Waals surface area contributed by atoms with Crippen molar-refractivity contribution in [3.05, 3.63) is 30.2 Å². The van der Waals surface area contributed by atoms with Gasteiger partial charge in [0.1, 0.15) is 0 Å². The van der Waals surface area contributed by atoms with Gasteiger partial charge < -0.3 is 21.1 Å². The van der Waals surface area contributed by atoms with Gasteiger partial charge in [0.05, 0.1) is 17.6 Å². The van der Waals surface area contributed by atoms with Gasteiger partial charge in [-0.3, -0.25) is 5.73 Å². The van der Waals surface area contributed by atoms with Crippen LogP contribution >= 0.6 is 0 Å². The summed E-state index contributed by atoms with van der Waals surface area (Å²) < 4.78 is 28.3. The predicted molar refractivity (Wildman–Crippen MR) is 77.0 cm³/mol. The van der Waals surface area contributed by atoms with Gasteiger partial charge in [0.25, 0.3) is 0 Å². The minimum absolute atomic E-state index is 0.164. The number of amidine groups is 1. The Morgan fingerprint density at radius 2 is 2.18 bits per heavy atom. The van der Waals surface area contributed by atoms with Crippen LogP contribution in [0.3, 0.4) is 0 Å². The van der Waals surface area contributed by atoms with Gasteiger partial charge in [-0.25, -0.2) is 9.98 Å². The molecule has 1 aliphatic carbocycles. The molecule has 1 aromatic rings. The van der Waals surface area contributed by atoms with Crippen molar-refractivity contribution in [2.45, 2.75) is 25.2 Å². The molecule has 2 aliphatic rings. The number of ether oxygens (including phenoxy) is 1. The zero-order chi connectivity index (χ0) is 15.7. The Morgan fingerprint density at radius 1 is 1.41 bits per heavy atom. The minimum Gasteiger partial charge on any atom is -0.417 e. The fourth-order valence-electron chi connectivity index (χ4n) is 2.13. The molecule has 1 fully saturated rings. The van der Waals surface area contributed by atoms with Crippen LogP contribution in [0.4, 0.5) is 14.5 Å². The highest BCUT2D eigenvalue weighted by molar-refractivity contribution is 6.07. The standard InChI is InChI=1S/C13H16F2N6O/c14-12(15)22-10-4-3-8(5-18-10)20-11-9(16)6-19-13(17,21-11)7-1-2-7/h3-7,12,19H,1-2,16-17H2,(H,20,21). The molecule has 2 heterocycles. The molecule has 0 aromatic carbocycles. The van der Waals surface area contributed by atoms with Gasteiger partial charge >= 0.3 is 6.61 Å². The van der Waals surface area contributed by atoms with Crippen LogP contribution in [-0.4, -0.2) is 23.2 Å². The van der Waals surface area contributed by atoms with Crippen LogP contribution in [0.5, 0.6) is 5.88 Å². The molecule has 1 aromatic heterocycles. The SMILES string of the molecule is NC1=CNC(N)(C2CC2)N=C1Nc1ccc(OC(F)F)nc1. The van der Waals surface area contributed by atoms with E-state index in [4.69, 9.17) is 11.5 Å². The summed E-state index contributed by atoms with van der Waals surface area (Å²) >= 11 is 0. The number of aromatic nitrogens is 1. The van der Waals surface area contributed by atoms with E-state index in [-0.39, 0.29) is 11.8 Å². The second kappa shape index (κ2) is 5.41. The molecule has 7 nitrogen and oxygen atoms in total. The van der Waals surface area contributed by atoms with Crippen LogP contribution in [-0.2, 0) is 0 Å². The van der Waals surface area contributed by atoms with Crippen molar-refractivity contribution in [2.75, 3.05) is 5.32 Å². The summed E-state index contributed by atoms with van der Waals surface area (Å²) in [5.74, 6) is -0.342. The summed E-state index contributed by atoms with van der Waals surface area (Å²) in [6.07, 6.45) is 4.98. The topological polar surface area (TPSA) is 111 Å². The Kier molecular flexibility index (Phi) is 3.57. The van der Waals surface area contributed by atoms with Crippen LogP contribution in [0.2, 0.25) is 0 Å². The maximum Gasteiger partial charge on any atom is 0.388 e. The Hall–Kier alpha value is -2.42. The Labute approximate surface area is 125 Å². The largest absolute Gasteiger partial charge is 0.417 e. The van der Waals surface area contributed by atoms with E-state index in [1.165, 1.54) is 18.3 Å². The van der Waals surface area contributed by atoms with Gasteiger partial charge in [-0.1, -0.05) is 0 Å². The highest BCUT2D eigenvalue weighted by atomic mass is 19.3. The van der Waals surface area contributed by atoms with Crippen LogP contribution in [0.1, 0.15) is 12.8 Å². The third-order valence-corrected chi connectivity index (χ3v) is 3.44. The molecule has 0 bridgehead atoms. The van der Waals surface area contributed by atoms with E-state index >= 15 is 0 Å². The molecule has 1 unspecified atom stereocenters. The smallest absolute Gasteiger partial charge is 0.388 e. The summed E-state index contributed by atoms with van der Waals surface area (Å²) in [4.78, 5) is 8.19. The summed E-state index contributed by atoms with van der Waals surface area (Å²) in [7, 11) is 0. The zero-order valence-electron chi connectivity index (χ0n) is 11.6. The summed E-state index contributed by atoms with van der Waals surface area (Å²) in [5.41, 5.74) is 13.0. The number of hydrogen-bond acceptors (Lipinski definition) is 7. The predicted octanol–water partition coefficient (Wildman–Crippen LogP) is 0.919. The van der Waals surface area contributed by atoms with E-state index in [0.717, 1.165) is 12.8 Å². The van der Waals surface area contributed by atoms with Gasteiger partial charge in [-0.2, -0.15) is 8.78 Å². The van der Waals surface area contributed by atoms with Gasteiger partial charge in [0.2, 0.25) is 5.88 Å². The molecule has 3 rings (SSSR count). The van der Waals surface area contributed by atoms with Crippen molar-refractivity contribution < 1.29 is 13.5 Å². The second-order valence-corrected chi connectivity index (χ2v) is 5.19. The average Bonchev–Trinajstić information content (AvgIpc) is 3.30. The Bertz CT molecular complexity index is 613. The molecule has 6 N–H and O–H groups in total. The van der Waals surface area contributed by atoms with Crippen LogP contribution in [0, 0.1) is 5.92 Å². The number of alkyl halides is 2. The molecule has 118 valence electrons. The van der Waals surface area contributed by atoms with Crippen molar-refractivity contribution in [3.63, 3.8) is 0 Å². The third kappa shape index (κ3) is 3.08.